The first-order chi connectivity index (χ1) is 8.28. The van der Waals surface area contributed by atoms with Crippen molar-refractivity contribution in [3.63, 3.8) is 0 Å². The normalized spacial score (nSPS) is 34.1. The molecule has 0 amide bonds. The van der Waals surface area contributed by atoms with E-state index in [0.29, 0.717) is 31.5 Å². The van der Waals surface area contributed by atoms with Crippen molar-refractivity contribution in [2.24, 2.45) is 0 Å². The van der Waals surface area contributed by atoms with Crippen LogP contribution in [0, 0.1) is 0 Å². The van der Waals surface area contributed by atoms with Crippen LogP contribution in [0.4, 0.5) is 0 Å². The maximum atomic E-state index is 5.54. The van der Waals surface area contributed by atoms with E-state index in [1.54, 1.807) is 0 Å². The first-order valence-corrected chi connectivity index (χ1v) is 6.06. The van der Waals surface area contributed by atoms with E-state index in [2.05, 4.69) is 22.4 Å². The van der Waals surface area contributed by atoms with E-state index in [1.165, 1.54) is 0 Å². The summed E-state index contributed by atoms with van der Waals surface area (Å²) in [4.78, 5) is 4.44. The standard InChI is InChI=1S/C11H17N3O3/c1-11(3-2-4-12-11)10-13-9(14-17-10)8-7-15-5-6-16-8/h8,12H,2-7H2,1H3. The molecule has 0 spiro atoms. The van der Waals surface area contributed by atoms with Crippen molar-refractivity contribution < 1.29 is 14.0 Å². The first kappa shape index (κ1) is 11.1. The smallest absolute Gasteiger partial charge is 0.246 e. The molecular formula is C11H17N3O3. The summed E-state index contributed by atoms with van der Waals surface area (Å²) in [5.41, 5.74) is -0.180. The maximum Gasteiger partial charge on any atom is 0.246 e. The van der Waals surface area contributed by atoms with Gasteiger partial charge in [-0.2, -0.15) is 4.98 Å². The van der Waals surface area contributed by atoms with Crippen molar-refractivity contribution in [3.05, 3.63) is 11.7 Å². The lowest BCUT2D eigenvalue weighted by molar-refractivity contribution is -0.0941. The molecule has 0 aromatic carbocycles. The average Bonchev–Trinajstić information content (AvgIpc) is 2.99. The molecule has 1 aromatic heterocycles. The number of nitrogens with zero attached hydrogens (tertiary/aromatic N) is 2. The lowest BCUT2D eigenvalue weighted by Gasteiger charge is -2.20. The summed E-state index contributed by atoms with van der Waals surface area (Å²) >= 11 is 0. The molecule has 2 unspecified atom stereocenters. The SMILES string of the molecule is CC1(c2nc(C3COCCO3)no2)CCCN1. The van der Waals surface area contributed by atoms with Crippen LogP contribution >= 0.6 is 0 Å². The summed E-state index contributed by atoms with van der Waals surface area (Å²) in [6.07, 6.45) is 1.97. The minimum atomic E-state index is -0.189. The van der Waals surface area contributed by atoms with Crippen LogP contribution in [0.5, 0.6) is 0 Å². The van der Waals surface area contributed by atoms with Gasteiger partial charge in [0.2, 0.25) is 11.7 Å². The van der Waals surface area contributed by atoms with Crippen molar-refractivity contribution in [2.45, 2.75) is 31.4 Å². The highest BCUT2D eigenvalue weighted by Gasteiger charge is 2.36. The lowest BCUT2D eigenvalue weighted by atomic mass is 10.0. The minimum absolute atomic E-state index is 0.180. The molecule has 3 rings (SSSR count). The Labute approximate surface area is 99.7 Å². The fraction of sp³-hybridized carbons (Fsp3) is 0.818. The summed E-state index contributed by atoms with van der Waals surface area (Å²) in [5.74, 6) is 1.24. The molecule has 1 aromatic rings. The van der Waals surface area contributed by atoms with Crippen molar-refractivity contribution in [2.75, 3.05) is 26.4 Å². The van der Waals surface area contributed by atoms with E-state index in [1.807, 2.05) is 0 Å². The molecule has 0 radical (unpaired) electrons. The van der Waals surface area contributed by atoms with Gasteiger partial charge < -0.3 is 19.3 Å². The zero-order valence-corrected chi connectivity index (χ0v) is 9.94. The zero-order chi connectivity index (χ0) is 11.7. The highest BCUT2D eigenvalue weighted by Crippen LogP contribution is 2.30. The summed E-state index contributed by atoms with van der Waals surface area (Å²) < 4.78 is 16.2. The second-order valence-electron chi connectivity index (χ2n) is 4.75. The number of aromatic nitrogens is 2. The maximum absolute atomic E-state index is 5.54. The van der Waals surface area contributed by atoms with Gasteiger partial charge in [0.05, 0.1) is 25.4 Å². The highest BCUT2D eigenvalue weighted by atomic mass is 16.6. The van der Waals surface area contributed by atoms with Crippen LogP contribution in [0.2, 0.25) is 0 Å². The van der Waals surface area contributed by atoms with Crippen LogP contribution in [0.1, 0.15) is 37.6 Å². The Bertz CT molecular complexity index is 381. The second kappa shape index (κ2) is 4.36. The molecule has 6 heteroatoms. The Morgan fingerprint density at radius 1 is 1.41 bits per heavy atom. The van der Waals surface area contributed by atoms with Crippen molar-refractivity contribution in [1.29, 1.82) is 0 Å². The Kier molecular flexibility index (Phi) is 2.85. The summed E-state index contributed by atoms with van der Waals surface area (Å²) in [6.45, 7) is 4.82. The Morgan fingerprint density at radius 3 is 3.06 bits per heavy atom. The minimum Gasteiger partial charge on any atom is -0.376 e. The quantitative estimate of drug-likeness (QED) is 0.821. The number of ether oxygens (including phenoxy) is 2. The largest absolute Gasteiger partial charge is 0.376 e. The van der Waals surface area contributed by atoms with Gasteiger partial charge in [-0.05, 0) is 26.3 Å². The van der Waals surface area contributed by atoms with Crippen LogP contribution < -0.4 is 5.32 Å². The fourth-order valence-corrected chi connectivity index (χ4v) is 2.30. The van der Waals surface area contributed by atoms with Gasteiger partial charge in [0.25, 0.3) is 0 Å². The molecule has 1 N–H and O–H groups in total. The van der Waals surface area contributed by atoms with E-state index in [9.17, 15) is 0 Å². The van der Waals surface area contributed by atoms with Gasteiger partial charge >= 0.3 is 0 Å². The predicted molar refractivity (Wildman–Crippen MR) is 58.4 cm³/mol. The Morgan fingerprint density at radius 2 is 2.35 bits per heavy atom. The molecule has 2 fully saturated rings. The molecule has 6 nitrogen and oxygen atoms in total. The van der Waals surface area contributed by atoms with E-state index in [4.69, 9.17) is 14.0 Å². The second-order valence-corrected chi connectivity index (χ2v) is 4.75. The Hall–Kier alpha value is -0.980. The van der Waals surface area contributed by atoms with Crippen LogP contribution in [0.3, 0.4) is 0 Å². The predicted octanol–water partition coefficient (Wildman–Crippen LogP) is 0.756. The van der Waals surface area contributed by atoms with Crippen LogP contribution in [0.25, 0.3) is 0 Å². The van der Waals surface area contributed by atoms with Gasteiger partial charge in [-0.3, -0.25) is 0 Å². The Balaban J connectivity index is 1.77. The molecule has 0 bridgehead atoms. The molecule has 3 heterocycles. The number of hydrogen-bond acceptors (Lipinski definition) is 6. The van der Waals surface area contributed by atoms with Gasteiger partial charge in [0.1, 0.15) is 6.10 Å². The molecular weight excluding hydrogens is 222 g/mol. The van der Waals surface area contributed by atoms with Crippen LogP contribution in [-0.2, 0) is 15.0 Å². The lowest BCUT2D eigenvalue weighted by Crippen LogP contribution is -2.33. The highest BCUT2D eigenvalue weighted by molar-refractivity contribution is 5.05. The number of hydrogen-bond donors (Lipinski definition) is 1. The van der Waals surface area contributed by atoms with Gasteiger partial charge in [0.15, 0.2) is 0 Å². The zero-order valence-electron chi connectivity index (χ0n) is 9.94. The summed E-state index contributed by atoms with van der Waals surface area (Å²) in [5, 5.41) is 7.40. The van der Waals surface area contributed by atoms with Crippen molar-refractivity contribution in [1.82, 2.24) is 15.5 Å². The third kappa shape index (κ3) is 2.08. The molecule has 2 aliphatic heterocycles. The third-order valence-electron chi connectivity index (χ3n) is 3.39. The number of nitrogens with one attached hydrogen (secondary N) is 1. The third-order valence-corrected chi connectivity index (χ3v) is 3.39. The molecule has 2 saturated heterocycles. The summed E-state index contributed by atoms with van der Waals surface area (Å²) in [6, 6.07) is 0. The van der Waals surface area contributed by atoms with Gasteiger partial charge in [-0.15, -0.1) is 0 Å². The molecule has 0 saturated carbocycles. The fourth-order valence-electron chi connectivity index (χ4n) is 2.30. The van der Waals surface area contributed by atoms with Crippen LogP contribution in [0.15, 0.2) is 4.52 Å². The average molecular weight is 239 g/mol. The monoisotopic (exact) mass is 239 g/mol. The van der Waals surface area contributed by atoms with E-state index in [-0.39, 0.29) is 11.6 Å². The summed E-state index contributed by atoms with van der Waals surface area (Å²) in [7, 11) is 0. The van der Waals surface area contributed by atoms with Gasteiger partial charge in [-0.25, -0.2) is 0 Å². The first-order valence-electron chi connectivity index (χ1n) is 6.06. The topological polar surface area (TPSA) is 69.4 Å². The van der Waals surface area contributed by atoms with Gasteiger partial charge in [0, 0.05) is 0 Å². The van der Waals surface area contributed by atoms with E-state index in [0.717, 1.165) is 19.4 Å². The molecule has 2 atom stereocenters. The van der Waals surface area contributed by atoms with Gasteiger partial charge in [-0.1, -0.05) is 5.16 Å². The number of rotatable bonds is 2. The molecule has 2 aliphatic rings. The van der Waals surface area contributed by atoms with Crippen molar-refractivity contribution in [3.8, 4) is 0 Å². The molecule has 0 aliphatic carbocycles. The van der Waals surface area contributed by atoms with Crippen molar-refractivity contribution >= 4 is 0 Å². The molecule has 17 heavy (non-hydrogen) atoms. The van der Waals surface area contributed by atoms with Crippen LogP contribution in [-0.4, -0.2) is 36.5 Å². The molecule has 94 valence electrons. The van der Waals surface area contributed by atoms with E-state index >= 15 is 0 Å². The van der Waals surface area contributed by atoms with E-state index < -0.39 is 0 Å².